The highest BCUT2D eigenvalue weighted by Gasteiger charge is 2.13. The van der Waals surface area contributed by atoms with Gasteiger partial charge in [0.2, 0.25) is 5.91 Å². The quantitative estimate of drug-likeness (QED) is 0.482. The maximum atomic E-state index is 12.6. The first kappa shape index (κ1) is 20.8. The summed E-state index contributed by atoms with van der Waals surface area (Å²) in [6.45, 7) is -0.0277. The summed E-state index contributed by atoms with van der Waals surface area (Å²) in [7, 11) is 0. The molecule has 8 heteroatoms. The van der Waals surface area contributed by atoms with E-state index in [-0.39, 0.29) is 10.8 Å². The van der Waals surface area contributed by atoms with E-state index in [2.05, 4.69) is 10.4 Å². The molecule has 0 aliphatic carbocycles. The van der Waals surface area contributed by atoms with Gasteiger partial charge in [0.1, 0.15) is 24.6 Å². The summed E-state index contributed by atoms with van der Waals surface area (Å²) in [5, 5.41) is 18.2. The zero-order chi connectivity index (χ0) is 22.5. The second-order valence-corrected chi connectivity index (χ2v) is 6.99. The molecule has 0 bridgehead atoms. The minimum atomic E-state index is -1.53. The second kappa shape index (κ2) is 9.13. The third-order valence-electron chi connectivity index (χ3n) is 4.74. The molecule has 1 amide bonds. The van der Waals surface area contributed by atoms with Gasteiger partial charge in [-0.25, -0.2) is 4.68 Å². The number of nitrogens with one attached hydrogen (secondary N) is 1. The molecular weight excluding hydrogens is 410 g/mol. The Morgan fingerprint density at radius 3 is 2.25 bits per heavy atom. The fourth-order valence-electron chi connectivity index (χ4n) is 3.21. The number of nitrogens with zero attached hydrogens (tertiary/aromatic N) is 2. The van der Waals surface area contributed by atoms with Crippen LogP contribution in [0.1, 0.15) is 16.1 Å². The zero-order valence-electron chi connectivity index (χ0n) is 16.9. The van der Waals surface area contributed by atoms with E-state index < -0.39 is 29.7 Å². The highest BCUT2D eigenvalue weighted by Crippen LogP contribution is 2.17. The first-order valence-corrected chi connectivity index (χ1v) is 9.79. The van der Waals surface area contributed by atoms with Gasteiger partial charge in [-0.15, -0.1) is 0 Å². The molecule has 0 saturated heterocycles. The fraction of sp³-hybridized carbons (Fsp3) is 0.0833. The van der Waals surface area contributed by atoms with Crippen LogP contribution in [0.3, 0.4) is 0 Å². The lowest BCUT2D eigenvalue weighted by molar-refractivity contribution is -0.255. The molecule has 1 N–H and O–H groups in total. The van der Waals surface area contributed by atoms with Crippen LogP contribution in [-0.2, 0) is 17.9 Å². The van der Waals surface area contributed by atoms with Crippen LogP contribution in [-0.4, -0.2) is 21.7 Å². The molecule has 0 saturated carbocycles. The Balaban J connectivity index is 1.45. The molecule has 8 nitrogen and oxygen atoms in total. The van der Waals surface area contributed by atoms with Crippen LogP contribution in [0.4, 0.5) is 5.69 Å². The maximum Gasteiger partial charge on any atom is 0.275 e. The topological polar surface area (TPSA) is 113 Å². The van der Waals surface area contributed by atoms with Crippen LogP contribution in [0.25, 0.3) is 10.8 Å². The molecule has 0 fully saturated rings. The van der Waals surface area contributed by atoms with Crippen molar-refractivity contribution >= 4 is 28.3 Å². The molecule has 0 radical (unpaired) electrons. The summed E-state index contributed by atoms with van der Waals surface area (Å²) in [4.78, 5) is 36.5. The van der Waals surface area contributed by atoms with Gasteiger partial charge in [-0.05, 0) is 35.9 Å². The normalized spacial score (nSPS) is 10.6. The number of hydrogen-bond acceptors (Lipinski definition) is 6. The van der Waals surface area contributed by atoms with Crippen molar-refractivity contribution in [2.24, 2.45) is 0 Å². The van der Waals surface area contributed by atoms with Crippen molar-refractivity contribution < 1.29 is 19.4 Å². The Kier molecular flexibility index (Phi) is 5.94. The minimum Gasteiger partial charge on any atom is -0.543 e. The summed E-state index contributed by atoms with van der Waals surface area (Å²) in [6, 6.07) is 22.6. The standard InChI is InChI=1S/C24H19N3O5/c28-21(14-27-23(29)20-9-5-4-8-19(20)22(26-27)24(30)31)25-17-10-12-18(13-11-17)32-15-16-6-2-1-3-7-16/h1-13H,14-15H2,(H,25,28)(H,30,31)/p-1. The monoisotopic (exact) mass is 428 g/mol. The molecule has 0 aliphatic heterocycles. The van der Waals surface area contributed by atoms with E-state index >= 15 is 0 Å². The maximum absolute atomic E-state index is 12.6. The Hall–Kier alpha value is -4.46. The van der Waals surface area contributed by atoms with Crippen LogP contribution in [0.5, 0.6) is 5.75 Å². The van der Waals surface area contributed by atoms with Gasteiger partial charge in [0.15, 0.2) is 0 Å². The number of anilines is 1. The molecule has 3 aromatic carbocycles. The summed E-state index contributed by atoms with van der Waals surface area (Å²) in [5.74, 6) is -1.42. The van der Waals surface area contributed by atoms with Gasteiger partial charge < -0.3 is 20.0 Å². The van der Waals surface area contributed by atoms with Crippen molar-refractivity contribution in [3.05, 3.63) is 100 Å². The molecule has 0 aliphatic rings. The van der Waals surface area contributed by atoms with Crippen LogP contribution < -0.4 is 20.7 Å². The predicted molar refractivity (Wildman–Crippen MR) is 116 cm³/mol. The molecule has 4 rings (SSSR count). The Bertz CT molecular complexity index is 1330. The van der Waals surface area contributed by atoms with E-state index in [0.717, 1.165) is 10.2 Å². The van der Waals surface area contributed by atoms with Gasteiger partial charge in [0, 0.05) is 11.1 Å². The third kappa shape index (κ3) is 4.65. The van der Waals surface area contributed by atoms with Gasteiger partial charge in [-0.1, -0.05) is 48.5 Å². The highest BCUT2D eigenvalue weighted by molar-refractivity contribution is 6.00. The number of aromatic nitrogens is 2. The fourth-order valence-corrected chi connectivity index (χ4v) is 3.21. The van der Waals surface area contributed by atoms with Crippen LogP contribution in [0.2, 0.25) is 0 Å². The Morgan fingerprint density at radius 2 is 1.56 bits per heavy atom. The van der Waals surface area contributed by atoms with Gasteiger partial charge in [0.25, 0.3) is 5.56 Å². The minimum absolute atomic E-state index is 0.148. The number of rotatable bonds is 7. The smallest absolute Gasteiger partial charge is 0.275 e. The first-order chi connectivity index (χ1) is 15.5. The SMILES string of the molecule is O=C(Cn1nc(C(=O)[O-])c2ccccc2c1=O)Nc1ccc(OCc2ccccc2)cc1. The summed E-state index contributed by atoms with van der Waals surface area (Å²) in [5.41, 5.74) is 0.573. The summed E-state index contributed by atoms with van der Waals surface area (Å²) < 4.78 is 6.53. The van der Waals surface area contributed by atoms with Crippen LogP contribution >= 0.6 is 0 Å². The number of ether oxygens (including phenoxy) is 1. The molecule has 0 atom stereocenters. The predicted octanol–water partition coefficient (Wildman–Crippen LogP) is 1.98. The van der Waals surface area contributed by atoms with Gasteiger partial charge >= 0.3 is 0 Å². The lowest BCUT2D eigenvalue weighted by atomic mass is 10.1. The molecule has 1 aromatic heterocycles. The number of carboxylic acid groups (broad SMARTS) is 1. The first-order valence-electron chi connectivity index (χ1n) is 9.79. The number of benzene rings is 3. The van der Waals surface area contributed by atoms with Crippen molar-refractivity contribution in [3.8, 4) is 5.75 Å². The Labute approximate surface area is 182 Å². The second-order valence-electron chi connectivity index (χ2n) is 6.99. The lowest BCUT2D eigenvalue weighted by Crippen LogP contribution is -2.34. The zero-order valence-corrected chi connectivity index (χ0v) is 16.9. The van der Waals surface area contributed by atoms with E-state index in [1.165, 1.54) is 12.1 Å². The van der Waals surface area contributed by atoms with E-state index in [1.807, 2.05) is 30.3 Å². The van der Waals surface area contributed by atoms with Crippen molar-refractivity contribution in [1.82, 2.24) is 9.78 Å². The van der Waals surface area contributed by atoms with Crippen LogP contribution in [0, 0.1) is 0 Å². The van der Waals surface area contributed by atoms with E-state index in [0.29, 0.717) is 18.0 Å². The highest BCUT2D eigenvalue weighted by atomic mass is 16.5. The summed E-state index contributed by atoms with van der Waals surface area (Å²) >= 11 is 0. The molecule has 32 heavy (non-hydrogen) atoms. The number of carbonyl (C=O) groups is 2. The average Bonchev–Trinajstić information content (AvgIpc) is 2.81. The number of aromatic carboxylic acids is 1. The average molecular weight is 428 g/mol. The number of fused-ring (bicyclic) bond motifs is 1. The van der Waals surface area contributed by atoms with Crippen molar-refractivity contribution in [1.29, 1.82) is 0 Å². The number of hydrogen-bond donors (Lipinski definition) is 1. The van der Waals surface area contributed by atoms with E-state index in [9.17, 15) is 19.5 Å². The molecule has 160 valence electrons. The number of carboxylic acids is 1. The molecule has 4 aromatic rings. The number of amides is 1. The summed E-state index contributed by atoms with van der Waals surface area (Å²) in [6.07, 6.45) is 0. The van der Waals surface area contributed by atoms with Crippen molar-refractivity contribution in [2.75, 3.05) is 5.32 Å². The molecule has 1 heterocycles. The third-order valence-corrected chi connectivity index (χ3v) is 4.74. The molecular formula is C24H18N3O5-. The molecule has 0 unspecified atom stereocenters. The number of carbonyl (C=O) groups excluding carboxylic acids is 2. The van der Waals surface area contributed by atoms with Gasteiger partial charge in [0.05, 0.1) is 11.4 Å². The van der Waals surface area contributed by atoms with Crippen LogP contribution in [0.15, 0.2) is 83.7 Å². The van der Waals surface area contributed by atoms with E-state index in [1.54, 1.807) is 36.4 Å². The lowest BCUT2D eigenvalue weighted by Gasteiger charge is -2.12. The molecule has 0 spiro atoms. The van der Waals surface area contributed by atoms with Gasteiger partial charge in [-0.2, -0.15) is 5.10 Å². The van der Waals surface area contributed by atoms with E-state index in [4.69, 9.17) is 4.74 Å². The van der Waals surface area contributed by atoms with Gasteiger partial charge in [-0.3, -0.25) is 9.59 Å². The van der Waals surface area contributed by atoms with Crippen molar-refractivity contribution in [2.45, 2.75) is 13.2 Å². The van der Waals surface area contributed by atoms with Crippen molar-refractivity contribution in [3.63, 3.8) is 0 Å². The Morgan fingerprint density at radius 1 is 0.906 bits per heavy atom. The largest absolute Gasteiger partial charge is 0.543 e.